The van der Waals surface area contributed by atoms with Crippen LogP contribution in [0.25, 0.3) is 5.76 Å². The fraction of sp³-hybridized carbons (Fsp3) is 0.333. The zero-order chi connectivity index (χ0) is 23.0. The molecule has 168 valence electrons. The molecule has 1 heterocycles. The minimum Gasteiger partial charge on any atom is -0.507 e. The number of carbonyl (C=O) groups excluding carboxylic acids is 2. The number of likely N-dealkylation sites (tertiary alicyclic amines) is 1. The highest BCUT2D eigenvalue weighted by Gasteiger charge is 2.48. The molecule has 1 aliphatic carbocycles. The third kappa shape index (κ3) is 3.97. The summed E-state index contributed by atoms with van der Waals surface area (Å²) in [6.07, 6.45) is 4.52. The molecule has 4 rings (SSSR count). The Morgan fingerprint density at radius 1 is 1.06 bits per heavy atom. The average molecular weight is 478 g/mol. The molecule has 0 bridgehead atoms. The van der Waals surface area contributed by atoms with Crippen LogP contribution in [-0.2, 0) is 9.59 Å². The zero-order valence-corrected chi connectivity index (χ0v) is 18.9. The van der Waals surface area contributed by atoms with Gasteiger partial charge < -0.3 is 14.7 Å². The summed E-state index contributed by atoms with van der Waals surface area (Å²) in [5, 5.41) is 11.5. The predicted molar refractivity (Wildman–Crippen MR) is 120 cm³/mol. The number of aliphatic hydroxyl groups excluding tert-OH is 1. The molecular weight excluding hydrogens is 456 g/mol. The highest BCUT2D eigenvalue weighted by atomic mass is 35.5. The molecule has 1 saturated heterocycles. The number of methoxy groups -OCH3 is 1. The van der Waals surface area contributed by atoms with E-state index in [9.17, 15) is 19.1 Å². The van der Waals surface area contributed by atoms with Gasteiger partial charge in [-0.1, -0.05) is 54.6 Å². The first-order chi connectivity index (χ1) is 15.3. The van der Waals surface area contributed by atoms with Crippen molar-refractivity contribution in [2.75, 3.05) is 7.11 Å². The molecule has 0 spiro atoms. The maximum absolute atomic E-state index is 13.6. The van der Waals surface area contributed by atoms with Crippen molar-refractivity contribution < 1.29 is 23.8 Å². The number of carbonyl (C=O) groups is 2. The SMILES string of the molecule is COc1c(Cl)cc(/C(O)=C2\C(=O)C(=O)N(C3CCCCC3)C2c2ccc(F)cc2)cc1Cl. The van der Waals surface area contributed by atoms with Crippen LogP contribution in [0.3, 0.4) is 0 Å². The van der Waals surface area contributed by atoms with Crippen LogP contribution in [0.2, 0.25) is 10.0 Å². The molecular formula is C24H22Cl2FNO4. The largest absolute Gasteiger partial charge is 0.507 e. The number of aliphatic hydroxyl groups is 1. The molecule has 2 fully saturated rings. The molecule has 1 atom stereocenters. The third-order valence-electron chi connectivity index (χ3n) is 6.11. The Balaban J connectivity index is 1.89. The van der Waals surface area contributed by atoms with E-state index in [4.69, 9.17) is 27.9 Å². The summed E-state index contributed by atoms with van der Waals surface area (Å²) >= 11 is 12.4. The number of hydrogen-bond donors (Lipinski definition) is 1. The van der Waals surface area contributed by atoms with Gasteiger partial charge in [-0.15, -0.1) is 0 Å². The number of Topliss-reactive ketones (excluding diaryl/α,β-unsaturated/α-hetero) is 1. The van der Waals surface area contributed by atoms with Crippen molar-refractivity contribution in [2.45, 2.75) is 44.2 Å². The number of rotatable bonds is 4. The number of nitrogens with zero attached hydrogens (tertiary/aromatic N) is 1. The monoisotopic (exact) mass is 477 g/mol. The Kier molecular flexibility index (Phi) is 6.45. The van der Waals surface area contributed by atoms with Gasteiger partial charge in [-0.05, 0) is 42.7 Å². The van der Waals surface area contributed by atoms with Gasteiger partial charge in [-0.2, -0.15) is 0 Å². The second-order valence-electron chi connectivity index (χ2n) is 8.02. The van der Waals surface area contributed by atoms with E-state index in [0.717, 1.165) is 32.1 Å². The van der Waals surface area contributed by atoms with Crippen molar-refractivity contribution in [1.29, 1.82) is 0 Å². The molecule has 2 aromatic rings. The van der Waals surface area contributed by atoms with E-state index in [-0.39, 0.29) is 38.7 Å². The second kappa shape index (κ2) is 9.12. The van der Waals surface area contributed by atoms with Gasteiger partial charge in [0.15, 0.2) is 5.75 Å². The average Bonchev–Trinajstić information content (AvgIpc) is 3.04. The number of ether oxygens (including phenoxy) is 1. The van der Waals surface area contributed by atoms with Gasteiger partial charge >= 0.3 is 0 Å². The third-order valence-corrected chi connectivity index (χ3v) is 6.67. The van der Waals surface area contributed by atoms with Crippen LogP contribution in [0, 0.1) is 5.82 Å². The van der Waals surface area contributed by atoms with Crippen molar-refractivity contribution in [3.8, 4) is 5.75 Å². The Labute approximate surface area is 195 Å². The van der Waals surface area contributed by atoms with E-state index >= 15 is 0 Å². The molecule has 2 aromatic carbocycles. The number of benzene rings is 2. The minimum absolute atomic E-state index is 0.0653. The van der Waals surface area contributed by atoms with E-state index in [1.165, 1.54) is 43.5 Å². The molecule has 2 aliphatic rings. The molecule has 32 heavy (non-hydrogen) atoms. The topological polar surface area (TPSA) is 66.8 Å². The van der Waals surface area contributed by atoms with Crippen LogP contribution >= 0.6 is 23.2 Å². The normalized spacial score (nSPS) is 21.2. The molecule has 1 saturated carbocycles. The van der Waals surface area contributed by atoms with Crippen LogP contribution in [0.5, 0.6) is 5.75 Å². The lowest BCUT2D eigenvalue weighted by atomic mass is 9.91. The van der Waals surface area contributed by atoms with Crippen molar-refractivity contribution in [2.24, 2.45) is 0 Å². The van der Waals surface area contributed by atoms with Crippen molar-refractivity contribution >= 4 is 40.7 Å². The quantitative estimate of drug-likeness (QED) is 0.338. The summed E-state index contributed by atoms with van der Waals surface area (Å²) in [7, 11) is 1.41. The fourth-order valence-corrected chi connectivity index (χ4v) is 5.25. The van der Waals surface area contributed by atoms with Crippen LogP contribution in [0.4, 0.5) is 4.39 Å². The Morgan fingerprint density at radius 2 is 1.66 bits per heavy atom. The number of hydrogen-bond acceptors (Lipinski definition) is 4. The van der Waals surface area contributed by atoms with E-state index in [1.807, 2.05) is 0 Å². The van der Waals surface area contributed by atoms with Gasteiger partial charge in [0.25, 0.3) is 11.7 Å². The van der Waals surface area contributed by atoms with Gasteiger partial charge in [0.05, 0.1) is 28.8 Å². The Hall–Kier alpha value is -2.57. The summed E-state index contributed by atoms with van der Waals surface area (Å²) in [5.74, 6) is -2.04. The summed E-state index contributed by atoms with van der Waals surface area (Å²) in [6, 6.07) is 7.50. The summed E-state index contributed by atoms with van der Waals surface area (Å²) in [4.78, 5) is 27.8. The molecule has 0 aromatic heterocycles. The van der Waals surface area contributed by atoms with Gasteiger partial charge in [0.2, 0.25) is 0 Å². The van der Waals surface area contributed by atoms with Gasteiger partial charge in [-0.3, -0.25) is 9.59 Å². The molecule has 1 aliphatic heterocycles. The van der Waals surface area contributed by atoms with Crippen LogP contribution in [-0.4, -0.2) is 34.8 Å². The molecule has 1 amide bonds. The standard InChI is InChI=1S/C24H22Cl2FNO4/c1-32-23-17(25)11-14(12-18(23)26)21(29)19-20(13-7-9-15(27)10-8-13)28(24(31)22(19)30)16-5-3-2-4-6-16/h7-12,16,20,29H,2-6H2,1H3/b21-19+. The number of ketones is 1. The zero-order valence-electron chi connectivity index (χ0n) is 17.4. The van der Waals surface area contributed by atoms with E-state index in [2.05, 4.69) is 0 Å². The summed E-state index contributed by atoms with van der Waals surface area (Å²) in [6.45, 7) is 0. The molecule has 1 unspecified atom stereocenters. The maximum Gasteiger partial charge on any atom is 0.295 e. The number of amides is 1. The van der Waals surface area contributed by atoms with Gasteiger partial charge in [0.1, 0.15) is 11.6 Å². The van der Waals surface area contributed by atoms with E-state index < -0.39 is 23.5 Å². The highest BCUT2D eigenvalue weighted by Crippen LogP contribution is 2.44. The molecule has 0 radical (unpaired) electrons. The van der Waals surface area contributed by atoms with Gasteiger partial charge in [-0.25, -0.2) is 4.39 Å². The van der Waals surface area contributed by atoms with Crippen molar-refractivity contribution in [3.63, 3.8) is 0 Å². The smallest absolute Gasteiger partial charge is 0.295 e. The van der Waals surface area contributed by atoms with E-state index in [0.29, 0.717) is 5.56 Å². The van der Waals surface area contributed by atoms with E-state index in [1.54, 1.807) is 4.90 Å². The highest BCUT2D eigenvalue weighted by molar-refractivity contribution is 6.47. The molecule has 5 nitrogen and oxygen atoms in total. The summed E-state index contributed by atoms with van der Waals surface area (Å²) < 4.78 is 18.8. The first kappa shape index (κ1) is 22.6. The van der Waals surface area contributed by atoms with Crippen LogP contribution in [0.15, 0.2) is 42.0 Å². The second-order valence-corrected chi connectivity index (χ2v) is 8.84. The lowest BCUT2D eigenvalue weighted by Gasteiger charge is -2.35. The van der Waals surface area contributed by atoms with Crippen LogP contribution < -0.4 is 4.74 Å². The Bertz CT molecular complexity index is 1070. The maximum atomic E-state index is 13.6. The lowest BCUT2D eigenvalue weighted by Crippen LogP contribution is -2.40. The van der Waals surface area contributed by atoms with Crippen molar-refractivity contribution in [3.05, 3.63) is 69.0 Å². The number of halogens is 3. The fourth-order valence-electron chi connectivity index (χ4n) is 4.61. The Morgan fingerprint density at radius 3 is 2.22 bits per heavy atom. The first-order valence-electron chi connectivity index (χ1n) is 10.4. The van der Waals surface area contributed by atoms with Crippen LogP contribution in [0.1, 0.15) is 49.3 Å². The van der Waals surface area contributed by atoms with Crippen molar-refractivity contribution in [1.82, 2.24) is 4.90 Å². The molecule has 8 heteroatoms. The van der Waals surface area contributed by atoms with Gasteiger partial charge in [0, 0.05) is 11.6 Å². The minimum atomic E-state index is -0.835. The predicted octanol–water partition coefficient (Wildman–Crippen LogP) is 5.90. The first-order valence-corrected chi connectivity index (χ1v) is 11.2. The molecule has 1 N–H and O–H groups in total. The summed E-state index contributed by atoms with van der Waals surface area (Å²) in [5.41, 5.74) is 0.669. The lowest BCUT2D eigenvalue weighted by molar-refractivity contribution is -0.141.